The second-order valence-electron chi connectivity index (χ2n) is 5.94. The zero-order valence-electron chi connectivity index (χ0n) is 16.1. The van der Waals surface area contributed by atoms with Crippen LogP contribution in [0.15, 0.2) is 48.5 Å². The minimum atomic E-state index is -0.988. The summed E-state index contributed by atoms with van der Waals surface area (Å²) in [5, 5.41) is 0. The number of Topliss-reactive ketones (excluding diaryl/α,β-unsaturated/α-hetero) is 1. The molecular weight excluding hydrogens is 344 g/mol. The van der Waals surface area contributed by atoms with Gasteiger partial charge in [0.25, 0.3) is 0 Å². The molecule has 0 N–H and O–H groups in total. The maximum Gasteiger partial charge on any atom is 0.306 e. The predicted octanol–water partition coefficient (Wildman–Crippen LogP) is 4.75. The number of carbonyl (C=O) groups excluding carboxylic acids is 2. The number of ether oxygens (including phenoxy) is 3. The smallest absolute Gasteiger partial charge is 0.306 e. The molecule has 0 saturated heterocycles. The first-order valence-corrected chi connectivity index (χ1v) is 9.28. The largest absolute Gasteiger partial charge is 0.494 e. The molecule has 27 heavy (non-hydrogen) atoms. The van der Waals surface area contributed by atoms with E-state index in [0.717, 1.165) is 0 Å². The van der Waals surface area contributed by atoms with Gasteiger partial charge in [0, 0.05) is 17.5 Å². The van der Waals surface area contributed by atoms with Crippen LogP contribution in [0.3, 0.4) is 0 Å². The Hall–Kier alpha value is -2.82. The summed E-state index contributed by atoms with van der Waals surface area (Å²) in [6.45, 7) is 6.80. The van der Waals surface area contributed by atoms with Crippen molar-refractivity contribution in [2.75, 3.05) is 13.2 Å². The van der Waals surface area contributed by atoms with Crippen molar-refractivity contribution in [1.29, 1.82) is 0 Å². The molecule has 5 heteroatoms. The Balaban J connectivity index is 2.27. The van der Waals surface area contributed by atoms with E-state index < -0.39 is 12.1 Å². The van der Waals surface area contributed by atoms with Crippen molar-refractivity contribution in [3.63, 3.8) is 0 Å². The molecule has 2 aromatic rings. The lowest BCUT2D eigenvalue weighted by Gasteiger charge is -2.18. The summed E-state index contributed by atoms with van der Waals surface area (Å²) >= 11 is 0. The first-order chi connectivity index (χ1) is 13.1. The number of rotatable bonds is 10. The number of ketones is 1. The van der Waals surface area contributed by atoms with Gasteiger partial charge < -0.3 is 14.2 Å². The highest BCUT2D eigenvalue weighted by atomic mass is 16.5. The molecule has 0 aliphatic carbocycles. The Kier molecular flexibility index (Phi) is 7.86. The van der Waals surface area contributed by atoms with Crippen LogP contribution in [-0.2, 0) is 9.53 Å². The molecule has 2 rings (SSSR count). The van der Waals surface area contributed by atoms with Crippen LogP contribution in [0, 0.1) is 0 Å². The molecule has 0 fully saturated rings. The van der Waals surface area contributed by atoms with Gasteiger partial charge in [-0.05, 0) is 56.7 Å². The standard InChI is InChI=1S/C22H26O5/c1-4-7-20(23)27-22(17-10-14-19(15-11-17)26-6-3)21(24)16-8-12-18(13-9-16)25-5-2/h8-15,22H,4-7H2,1-3H3/t22-/m0/s1. The SMILES string of the molecule is CCCC(=O)O[C@H](C(=O)c1ccc(OCC)cc1)c1ccc(OCC)cc1. The van der Waals surface area contributed by atoms with E-state index >= 15 is 0 Å². The molecule has 0 saturated carbocycles. The molecule has 0 aromatic heterocycles. The van der Waals surface area contributed by atoms with Gasteiger partial charge in [0.15, 0.2) is 6.10 Å². The van der Waals surface area contributed by atoms with Crippen molar-refractivity contribution in [3.05, 3.63) is 59.7 Å². The van der Waals surface area contributed by atoms with Crippen molar-refractivity contribution in [1.82, 2.24) is 0 Å². The molecule has 0 spiro atoms. The third kappa shape index (κ3) is 5.84. The van der Waals surface area contributed by atoms with Gasteiger partial charge >= 0.3 is 5.97 Å². The van der Waals surface area contributed by atoms with E-state index in [1.807, 2.05) is 20.8 Å². The minimum Gasteiger partial charge on any atom is -0.494 e. The summed E-state index contributed by atoms with van der Waals surface area (Å²) in [5.74, 6) is 0.727. The van der Waals surface area contributed by atoms with Gasteiger partial charge in [0.1, 0.15) is 11.5 Å². The number of benzene rings is 2. The Bertz CT molecular complexity index is 734. The summed E-state index contributed by atoms with van der Waals surface area (Å²) in [6, 6.07) is 13.9. The van der Waals surface area contributed by atoms with Gasteiger partial charge in [0.05, 0.1) is 13.2 Å². The normalized spacial score (nSPS) is 11.5. The van der Waals surface area contributed by atoms with Crippen molar-refractivity contribution in [2.45, 2.75) is 39.7 Å². The van der Waals surface area contributed by atoms with E-state index in [-0.39, 0.29) is 12.2 Å². The second-order valence-corrected chi connectivity index (χ2v) is 5.94. The zero-order valence-corrected chi connectivity index (χ0v) is 16.1. The van der Waals surface area contributed by atoms with E-state index in [9.17, 15) is 9.59 Å². The molecule has 0 amide bonds. The van der Waals surface area contributed by atoms with E-state index in [0.29, 0.717) is 42.3 Å². The van der Waals surface area contributed by atoms with Crippen molar-refractivity contribution < 1.29 is 23.8 Å². The fraction of sp³-hybridized carbons (Fsp3) is 0.364. The summed E-state index contributed by atoms with van der Waals surface area (Å²) in [5.41, 5.74) is 1.07. The van der Waals surface area contributed by atoms with Crippen molar-refractivity contribution in [3.8, 4) is 11.5 Å². The third-order valence-corrected chi connectivity index (χ3v) is 3.89. The first kappa shape index (κ1) is 20.5. The highest BCUT2D eigenvalue weighted by Gasteiger charge is 2.26. The molecule has 5 nitrogen and oxygen atoms in total. The number of carbonyl (C=O) groups is 2. The summed E-state index contributed by atoms with van der Waals surface area (Å²) < 4.78 is 16.4. The van der Waals surface area contributed by atoms with Gasteiger partial charge in [0.2, 0.25) is 5.78 Å². The van der Waals surface area contributed by atoms with Crippen LogP contribution in [0.5, 0.6) is 11.5 Å². The average molecular weight is 370 g/mol. The van der Waals surface area contributed by atoms with E-state index in [1.54, 1.807) is 48.5 Å². The molecule has 0 radical (unpaired) electrons. The summed E-state index contributed by atoms with van der Waals surface area (Å²) in [6.07, 6.45) is -0.0615. The Morgan fingerprint density at radius 2 is 1.33 bits per heavy atom. The molecular formula is C22H26O5. The predicted molar refractivity (Wildman–Crippen MR) is 103 cm³/mol. The van der Waals surface area contributed by atoms with Gasteiger partial charge in [-0.25, -0.2) is 0 Å². The molecule has 0 bridgehead atoms. The van der Waals surface area contributed by atoms with Crippen LogP contribution in [0.4, 0.5) is 0 Å². The Morgan fingerprint density at radius 3 is 1.81 bits per heavy atom. The van der Waals surface area contributed by atoms with Crippen LogP contribution >= 0.6 is 0 Å². The monoisotopic (exact) mass is 370 g/mol. The first-order valence-electron chi connectivity index (χ1n) is 9.28. The molecule has 0 heterocycles. The highest BCUT2D eigenvalue weighted by molar-refractivity contribution is 6.01. The van der Waals surface area contributed by atoms with E-state index in [1.165, 1.54) is 0 Å². The maximum absolute atomic E-state index is 13.0. The minimum absolute atomic E-state index is 0.268. The van der Waals surface area contributed by atoms with Gasteiger partial charge in [-0.1, -0.05) is 19.1 Å². The third-order valence-electron chi connectivity index (χ3n) is 3.89. The lowest BCUT2D eigenvalue weighted by atomic mass is 9.99. The summed E-state index contributed by atoms with van der Waals surface area (Å²) in [7, 11) is 0. The fourth-order valence-corrected chi connectivity index (χ4v) is 2.61. The Morgan fingerprint density at radius 1 is 0.815 bits per heavy atom. The molecule has 0 aliphatic heterocycles. The lowest BCUT2D eigenvalue weighted by Crippen LogP contribution is -2.20. The number of hydrogen-bond donors (Lipinski definition) is 0. The molecule has 0 unspecified atom stereocenters. The molecule has 2 aromatic carbocycles. The van der Waals surface area contributed by atoms with Crippen LogP contribution in [-0.4, -0.2) is 25.0 Å². The average Bonchev–Trinajstić information content (AvgIpc) is 2.68. The van der Waals surface area contributed by atoms with Crippen LogP contribution in [0.25, 0.3) is 0 Å². The number of esters is 1. The van der Waals surface area contributed by atoms with Gasteiger partial charge in [-0.2, -0.15) is 0 Å². The maximum atomic E-state index is 13.0. The molecule has 144 valence electrons. The fourth-order valence-electron chi connectivity index (χ4n) is 2.61. The Labute approximate surface area is 160 Å². The van der Waals surface area contributed by atoms with Gasteiger partial charge in [-0.3, -0.25) is 9.59 Å². The van der Waals surface area contributed by atoms with Gasteiger partial charge in [-0.15, -0.1) is 0 Å². The van der Waals surface area contributed by atoms with Crippen LogP contribution < -0.4 is 9.47 Å². The second kappa shape index (κ2) is 10.4. The van der Waals surface area contributed by atoms with E-state index in [2.05, 4.69) is 0 Å². The van der Waals surface area contributed by atoms with E-state index in [4.69, 9.17) is 14.2 Å². The van der Waals surface area contributed by atoms with Crippen LogP contribution in [0.1, 0.15) is 55.6 Å². The quantitative estimate of drug-likeness (QED) is 0.446. The topological polar surface area (TPSA) is 61.8 Å². The molecule has 1 atom stereocenters. The zero-order chi connectivity index (χ0) is 19.6. The van der Waals surface area contributed by atoms with Crippen molar-refractivity contribution in [2.24, 2.45) is 0 Å². The highest BCUT2D eigenvalue weighted by Crippen LogP contribution is 2.26. The lowest BCUT2D eigenvalue weighted by molar-refractivity contribution is -0.147. The van der Waals surface area contributed by atoms with Crippen LogP contribution in [0.2, 0.25) is 0 Å². The number of hydrogen-bond acceptors (Lipinski definition) is 5. The molecule has 0 aliphatic rings. The van der Waals surface area contributed by atoms with Crippen molar-refractivity contribution >= 4 is 11.8 Å². The summed E-state index contributed by atoms with van der Waals surface area (Å²) in [4.78, 5) is 25.1.